The van der Waals surface area contributed by atoms with Crippen LogP contribution in [0.3, 0.4) is 0 Å². The Kier molecular flexibility index (Phi) is 6.56. The number of para-hydroxylation sites is 1. The van der Waals surface area contributed by atoms with Gasteiger partial charge in [0.15, 0.2) is 0 Å². The van der Waals surface area contributed by atoms with Gasteiger partial charge in [0.2, 0.25) is 0 Å². The minimum absolute atomic E-state index is 0.363. The molecule has 0 aliphatic heterocycles. The van der Waals surface area contributed by atoms with Crippen LogP contribution >= 0.6 is 23.2 Å². The van der Waals surface area contributed by atoms with Gasteiger partial charge < -0.3 is 14.8 Å². The minimum atomic E-state index is -0.363. The van der Waals surface area contributed by atoms with Crippen molar-refractivity contribution in [3.63, 3.8) is 0 Å². The maximum atomic E-state index is 11.7. The van der Waals surface area contributed by atoms with E-state index in [4.69, 9.17) is 32.7 Å². The van der Waals surface area contributed by atoms with E-state index in [9.17, 15) is 4.79 Å². The summed E-state index contributed by atoms with van der Waals surface area (Å²) in [6, 6.07) is 12.3. The van der Waals surface area contributed by atoms with E-state index < -0.39 is 0 Å². The Balaban J connectivity index is 1.81. The van der Waals surface area contributed by atoms with Crippen LogP contribution in [0.4, 0.5) is 5.69 Å². The third kappa shape index (κ3) is 5.34. The predicted octanol–water partition coefficient (Wildman–Crippen LogP) is 4.66. The molecule has 0 atom stereocenters. The summed E-state index contributed by atoms with van der Waals surface area (Å²) in [5, 5.41) is 4.28. The van der Waals surface area contributed by atoms with E-state index in [0.29, 0.717) is 34.5 Å². The largest absolute Gasteiger partial charge is 0.493 e. The van der Waals surface area contributed by atoms with Crippen molar-refractivity contribution in [2.75, 3.05) is 25.6 Å². The molecule has 0 amide bonds. The molecule has 0 heterocycles. The van der Waals surface area contributed by atoms with Crippen LogP contribution in [0.1, 0.15) is 16.8 Å². The molecule has 6 heteroatoms. The van der Waals surface area contributed by atoms with Crippen LogP contribution in [-0.4, -0.2) is 26.2 Å². The van der Waals surface area contributed by atoms with Crippen LogP contribution in [0.5, 0.6) is 5.75 Å². The SMILES string of the molecule is COC(=O)c1ccccc1NCCCOc1cc(Cl)cc(Cl)c1. The van der Waals surface area contributed by atoms with Gasteiger partial charge in [-0.15, -0.1) is 0 Å². The smallest absolute Gasteiger partial charge is 0.339 e. The summed E-state index contributed by atoms with van der Waals surface area (Å²) in [5.74, 6) is 0.274. The Hall–Kier alpha value is -1.91. The second-order valence-electron chi connectivity index (χ2n) is 4.77. The average Bonchev–Trinajstić information content (AvgIpc) is 2.53. The zero-order valence-electron chi connectivity index (χ0n) is 12.6. The normalized spacial score (nSPS) is 10.2. The fraction of sp³-hybridized carbons (Fsp3) is 0.235. The number of ether oxygens (including phenoxy) is 2. The molecule has 0 aliphatic rings. The van der Waals surface area contributed by atoms with Crippen molar-refractivity contribution in [3.05, 3.63) is 58.1 Å². The van der Waals surface area contributed by atoms with Crippen molar-refractivity contribution in [1.29, 1.82) is 0 Å². The molecule has 2 rings (SSSR count). The molecule has 2 aromatic rings. The molecule has 2 aromatic carbocycles. The monoisotopic (exact) mass is 353 g/mol. The maximum absolute atomic E-state index is 11.7. The van der Waals surface area contributed by atoms with Crippen molar-refractivity contribution in [2.24, 2.45) is 0 Å². The highest BCUT2D eigenvalue weighted by Gasteiger charge is 2.10. The Morgan fingerprint density at radius 2 is 1.83 bits per heavy atom. The van der Waals surface area contributed by atoms with Crippen molar-refractivity contribution in [1.82, 2.24) is 0 Å². The summed E-state index contributed by atoms with van der Waals surface area (Å²) in [6.07, 6.45) is 0.750. The molecule has 0 saturated carbocycles. The van der Waals surface area contributed by atoms with Crippen LogP contribution in [0, 0.1) is 0 Å². The number of benzene rings is 2. The Labute approximate surface area is 145 Å². The van der Waals surface area contributed by atoms with E-state index in [1.54, 1.807) is 30.3 Å². The first-order chi connectivity index (χ1) is 11.1. The summed E-state index contributed by atoms with van der Waals surface area (Å²) in [7, 11) is 1.36. The Morgan fingerprint density at radius 1 is 1.13 bits per heavy atom. The quantitative estimate of drug-likeness (QED) is 0.580. The molecule has 0 saturated heterocycles. The van der Waals surface area contributed by atoms with E-state index in [1.165, 1.54) is 7.11 Å². The number of rotatable bonds is 7. The predicted molar refractivity (Wildman–Crippen MR) is 92.8 cm³/mol. The summed E-state index contributed by atoms with van der Waals surface area (Å²) in [4.78, 5) is 11.7. The fourth-order valence-electron chi connectivity index (χ4n) is 2.02. The minimum Gasteiger partial charge on any atom is -0.493 e. The molecule has 0 fully saturated rings. The number of methoxy groups -OCH3 is 1. The average molecular weight is 354 g/mol. The third-order valence-corrected chi connectivity index (χ3v) is 3.51. The van der Waals surface area contributed by atoms with Crippen LogP contribution in [0.25, 0.3) is 0 Å². The van der Waals surface area contributed by atoms with Gasteiger partial charge in [-0.2, -0.15) is 0 Å². The molecule has 0 aliphatic carbocycles. The summed E-state index contributed by atoms with van der Waals surface area (Å²) in [6.45, 7) is 1.16. The molecule has 23 heavy (non-hydrogen) atoms. The Bertz CT molecular complexity index is 656. The Morgan fingerprint density at radius 3 is 2.52 bits per heavy atom. The van der Waals surface area contributed by atoms with Gasteiger partial charge in [-0.3, -0.25) is 0 Å². The molecule has 4 nitrogen and oxygen atoms in total. The van der Waals surface area contributed by atoms with Gasteiger partial charge in [-0.1, -0.05) is 35.3 Å². The topological polar surface area (TPSA) is 47.6 Å². The molecule has 0 unspecified atom stereocenters. The lowest BCUT2D eigenvalue weighted by molar-refractivity contribution is 0.0602. The highest BCUT2D eigenvalue weighted by molar-refractivity contribution is 6.34. The van der Waals surface area contributed by atoms with Crippen LogP contribution in [0.15, 0.2) is 42.5 Å². The molecule has 0 radical (unpaired) electrons. The van der Waals surface area contributed by atoms with Gasteiger partial charge in [0, 0.05) is 22.3 Å². The van der Waals surface area contributed by atoms with E-state index in [2.05, 4.69) is 5.32 Å². The molecular formula is C17H17Cl2NO3. The zero-order valence-corrected chi connectivity index (χ0v) is 14.2. The molecule has 0 aromatic heterocycles. The summed E-state index contributed by atoms with van der Waals surface area (Å²) >= 11 is 11.8. The number of anilines is 1. The second kappa shape index (κ2) is 8.65. The van der Waals surface area contributed by atoms with E-state index in [1.807, 2.05) is 12.1 Å². The van der Waals surface area contributed by atoms with Gasteiger partial charge in [0.05, 0.1) is 19.3 Å². The van der Waals surface area contributed by atoms with Gasteiger partial charge in [0.1, 0.15) is 5.75 Å². The molecular weight excluding hydrogens is 337 g/mol. The third-order valence-electron chi connectivity index (χ3n) is 3.07. The van der Waals surface area contributed by atoms with Crippen LogP contribution < -0.4 is 10.1 Å². The van der Waals surface area contributed by atoms with Crippen molar-refractivity contribution in [2.45, 2.75) is 6.42 Å². The molecule has 1 N–H and O–H groups in total. The van der Waals surface area contributed by atoms with Crippen LogP contribution in [-0.2, 0) is 4.74 Å². The van der Waals surface area contributed by atoms with E-state index in [-0.39, 0.29) is 5.97 Å². The number of hydrogen-bond donors (Lipinski definition) is 1. The standard InChI is InChI=1S/C17H17Cl2NO3/c1-22-17(21)15-5-2-3-6-16(15)20-7-4-8-23-14-10-12(18)9-13(19)11-14/h2-3,5-6,9-11,20H,4,7-8H2,1H3. The number of carbonyl (C=O) groups excluding carboxylic acids is 1. The zero-order chi connectivity index (χ0) is 16.7. The lowest BCUT2D eigenvalue weighted by Crippen LogP contribution is -2.11. The highest BCUT2D eigenvalue weighted by atomic mass is 35.5. The molecule has 122 valence electrons. The lowest BCUT2D eigenvalue weighted by Gasteiger charge is -2.11. The first-order valence-electron chi connectivity index (χ1n) is 7.10. The molecule has 0 bridgehead atoms. The number of hydrogen-bond acceptors (Lipinski definition) is 4. The summed E-state index contributed by atoms with van der Waals surface area (Å²) < 4.78 is 10.4. The van der Waals surface area contributed by atoms with Crippen molar-refractivity contribution >= 4 is 34.9 Å². The van der Waals surface area contributed by atoms with E-state index in [0.717, 1.165) is 12.1 Å². The van der Waals surface area contributed by atoms with Gasteiger partial charge >= 0.3 is 5.97 Å². The molecule has 0 spiro atoms. The van der Waals surface area contributed by atoms with Gasteiger partial charge in [-0.05, 0) is 36.8 Å². The van der Waals surface area contributed by atoms with Crippen LogP contribution in [0.2, 0.25) is 10.0 Å². The van der Waals surface area contributed by atoms with Gasteiger partial charge in [0.25, 0.3) is 0 Å². The number of carbonyl (C=O) groups is 1. The summed E-state index contributed by atoms with van der Waals surface area (Å²) in [5.41, 5.74) is 1.25. The fourth-order valence-corrected chi connectivity index (χ4v) is 2.53. The second-order valence-corrected chi connectivity index (χ2v) is 5.64. The van der Waals surface area contributed by atoms with Crippen molar-refractivity contribution < 1.29 is 14.3 Å². The number of halogens is 2. The van der Waals surface area contributed by atoms with Gasteiger partial charge in [-0.25, -0.2) is 4.79 Å². The first kappa shape index (κ1) is 17.4. The number of esters is 1. The van der Waals surface area contributed by atoms with E-state index >= 15 is 0 Å². The van der Waals surface area contributed by atoms with Crippen molar-refractivity contribution in [3.8, 4) is 5.75 Å². The lowest BCUT2D eigenvalue weighted by atomic mass is 10.2. The maximum Gasteiger partial charge on any atom is 0.339 e. The first-order valence-corrected chi connectivity index (χ1v) is 7.86. The number of nitrogens with one attached hydrogen (secondary N) is 1. The highest BCUT2D eigenvalue weighted by Crippen LogP contribution is 2.24.